The fourth-order valence-corrected chi connectivity index (χ4v) is 5.67. The highest BCUT2D eigenvalue weighted by Gasteiger charge is 2.42. The molecule has 2 aromatic carbocycles. The fraction of sp³-hybridized carbons (Fsp3) is 0.357. The van der Waals surface area contributed by atoms with E-state index in [-0.39, 0.29) is 24.0 Å². The molecule has 0 spiro atoms. The highest BCUT2D eigenvalue weighted by Crippen LogP contribution is 2.50. The largest absolute Gasteiger partial charge is 0.490 e. The van der Waals surface area contributed by atoms with Gasteiger partial charge in [0.2, 0.25) is 0 Å². The third-order valence-electron chi connectivity index (χ3n) is 6.58. The first-order valence-corrected chi connectivity index (χ1v) is 12.8. The van der Waals surface area contributed by atoms with Gasteiger partial charge in [-0.15, -0.1) is 0 Å². The summed E-state index contributed by atoms with van der Waals surface area (Å²) in [6.07, 6.45) is 3.78. The highest BCUT2D eigenvalue weighted by atomic mass is 79.9. The van der Waals surface area contributed by atoms with Crippen molar-refractivity contribution in [3.05, 3.63) is 80.5 Å². The number of halogens is 2. The van der Waals surface area contributed by atoms with Crippen molar-refractivity contribution >= 4 is 27.5 Å². The predicted molar refractivity (Wildman–Crippen MR) is 132 cm³/mol. The summed E-state index contributed by atoms with van der Waals surface area (Å²) in [6, 6.07) is 9.98. The number of hydrogen-bond donors (Lipinski definition) is 0. The molecule has 0 radical (unpaired) electrons. The van der Waals surface area contributed by atoms with E-state index in [1.807, 2.05) is 19.1 Å². The van der Waals surface area contributed by atoms with Crippen LogP contribution in [0.4, 0.5) is 4.39 Å². The van der Waals surface area contributed by atoms with Crippen molar-refractivity contribution in [3.63, 3.8) is 0 Å². The Bertz CT molecular complexity index is 1220. The minimum Gasteiger partial charge on any atom is -0.490 e. The summed E-state index contributed by atoms with van der Waals surface area (Å²) in [5.41, 5.74) is 2.66. The van der Waals surface area contributed by atoms with Crippen LogP contribution in [0.3, 0.4) is 0 Å². The van der Waals surface area contributed by atoms with E-state index >= 15 is 0 Å². The Morgan fingerprint density at radius 3 is 2.29 bits per heavy atom. The van der Waals surface area contributed by atoms with Crippen LogP contribution in [0, 0.1) is 5.82 Å². The van der Waals surface area contributed by atoms with Crippen LogP contribution in [0.5, 0.6) is 11.5 Å². The molecule has 5 rings (SSSR count). The summed E-state index contributed by atoms with van der Waals surface area (Å²) in [4.78, 5) is 26.1. The molecular weight excluding hydrogens is 515 g/mol. The Morgan fingerprint density at radius 2 is 1.66 bits per heavy atom. The molecule has 1 aliphatic heterocycles. The quantitative estimate of drug-likeness (QED) is 0.408. The highest BCUT2D eigenvalue weighted by molar-refractivity contribution is 9.10. The zero-order valence-corrected chi connectivity index (χ0v) is 21.1. The van der Waals surface area contributed by atoms with Crippen molar-refractivity contribution in [2.45, 2.75) is 58.0 Å². The molecule has 0 unspecified atom stereocenters. The summed E-state index contributed by atoms with van der Waals surface area (Å²) in [5.74, 6) is 1.62. The Hall–Kier alpha value is -2.93. The molecule has 0 N–H and O–H groups in total. The van der Waals surface area contributed by atoms with Crippen LogP contribution < -0.4 is 9.47 Å². The Kier molecular flexibility index (Phi) is 6.78. The summed E-state index contributed by atoms with van der Waals surface area (Å²) < 4.78 is 32.3. The van der Waals surface area contributed by atoms with Gasteiger partial charge in [0.05, 0.1) is 11.1 Å². The maximum atomic E-state index is 13.6. The predicted octanol–water partition coefficient (Wildman–Crippen LogP) is 6.69. The normalized spacial score (nSPS) is 18.3. The SMILES string of the molecule is CCOc1cc(C2C3=C(CCCC3=O)OC3=C2C(=O)CCC3)cc(Br)c1OCc1cccc(F)c1. The average Bonchev–Trinajstić information content (AvgIpc) is 2.83. The first-order valence-electron chi connectivity index (χ1n) is 12.0. The van der Waals surface area contributed by atoms with Gasteiger partial charge >= 0.3 is 0 Å². The minimum atomic E-state index is -0.484. The number of Topliss-reactive ketones (excluding diaryl/α,β-unsaturated/α-hetero) is 2. The second-order valence-electron chi connectivity index (χ2n) is 8.94. The van der Waals surface area contributed by atoms with Gasteiger partial charge in [0, 0.05) is 42.7 Å². The zero-order valence-electron chi connectivity index (χ0n) is 19.5. The molecule has 35 heavy (non-hydrogen) atoms. The molecule has 0 fully saturated rings. The maximum Gasteiger partial charge on any atom is 0.175 e. The lowest BCUT2D eigenvalue weighted by Crippen LogP contribution is -2.30. The van der Waals surface area contributed by atoms with E-state index in [4.69, 9.17) is 14.2 Å². The van der Waals surface area contributed by atoms with Crippen molar-refractivity contribution in [1.29, 1.82) is 0 Å². The lowest BCUT2D eigenvalue weighted by Gasteiger charge is -2.36. The number of rotatable bonds is 6. The summed E-state index contributed by atoms with van der Waals surface area (Å²) in [6.45, 7) is 2.44. The van der Waals surface area contributed by atoms with Gasteiger partial charge in [-0.1, -0.05) is 12.1 Å². The minimum absolute atomic E-state index is 0.0293. The first kappa shape index (κ1) is 23.8. The number of ketones is 2. The first-order chi connectivity index (χ1) is 17.0. The van der Waals surface area contributed by atoms with Crippen LogP contribution in [-0.2, 0) is 20.9 Å². The van der Waals surface area contributed by atoms with Gasteiger partial charge in [-0.25, -0.2) is 4.39 Å². The number of benzene rings is 2. The fourth-order valence-electron chi connectivity index (χ4n) is 5.09. The Labute approximate surface area is 212 Å². The van der Waals surface area contributed by atoms with Crippen molar-refractivity contribution in [3.8, 4) is 11.5 Å². The molecule has 2 aromatic rings. The Balaban J connectivity index is 1.57. The number of ether oxygens (including phenoxy) is 3. The van der Waals surface area contributed by atoms with Gasteiger partial charge in [0.1, 0.15) is 23.9 Å². The van der Waals surface area contributed by atoms with E-state index in [0.29, 0.717) is 76.5 Å². The molecule has 182 valence electrons. The third kappa shape index (κ3) is 4.66. The second-order valence-corrected chi connectivity index (χ2v) is 9.80. The van der Waals surface area contributed by atoms with Gasteiger partial charge in [0.15, 0.2) is 23.1 Å². The van der Waals surface area contributed by atoms with Gasteiger partial charge in [-0.3, -0.25) is 9.59 Å². The molecule has 0 aromatic heterocycles. The van der Waals surface area contributed by atoms with Crippen molar-refractivity contribution < 1.29 is 28.2 Å². The molecule has 3 aliphatic rings. The molecule has 0 atom stereocenters. The lowest BCUT2D eigenvalue weighted by molar-refractivity contribution is -0.117. The van der Waals surface area contributed by atoms with Gasteiger partial charge in [0.25, 0.3) is 0 Å². The molecule has 5 nitrogen and oxygen atoms in total. The van der Waals surface area contributed by atoms with Crippen LogP contribution >= 0.6 is 15.9 Å². The van der Waals surface area contributed by atoms with Crippen LogP contribution in [-0.4, -0.2) is 18.2 Å². The lowest BCUT2D eigenvalue weighted by atomic mass is 9.73. The van der Waals surface area contributed by atoms with E-state index in [0.717, 1.165) is 18.4 Å². The third-order valence-corrected chi connectivity index (χ3v) is 7.17. The van der Waals surface area contributed by atoms with E-state index in [2.05, 4.69) is 15.9 Å². The number of hydrogen-bond acceptors (Lipinski definition) is 5. The van der Waals surface area contributed by atoms with Crippen LogP contribution in [0.2, 0.25) is 0 Å². The molecule has 0 amide bonds. The monoisotopic (exact) mass is 540 g/mol. The van der Waals surface area contributed by atoms with Crippen molar-refractivity contribution in [1.82, 2.24) is 0 Å². The molecule has 1 heterocycles. The van der Waals surface area contributed by atoms with E-state index < -0.39 is 5.92 Å². The molecule has 2 aliphatic carbocycles. The van der Waals surface area contributed by atoms with Crippen LogP contribution in [0.25, 0.3) is 0 Å². The van der Waals surface area contributed by atoms with Gasteiger partial charge in [-0.2, -0.15) is 0 Å². The molecule has 0 saturated carbocycles. The number of carbonyl (C=O) groups is 2. The molecular formula is C28H26BrFO5. The number of carbonyl (C=O) groups excluding carboxylic acids is 2. The summed E-state index contributed by atoms with van der Waals surface area (Å²) >= 11 is 3.62. The van der Waals surface area contributed by atoms with Gasteiger partial charge < -0.3 is 14.2 Å². The van der Waals surface area contributed by atoms with E-state index in [1.165, 1.54) is 12.1 Å². The summed E-state index contributed by atoms with van der Waals surface area (Å²) in [7, 11) is 0. The number of allylic oxidation sites excluding steroid dienone is 4. The van der Waals surface area contributed by atoms with Crippen LogP contribution in [0.1, 0.15) is 62.5 Å². The zero-order chi connectivity index (χ0) is 24.5. The topological polar surface area (TPSA) is 61.8 Å². The summed E-state index contributed by atoms with van der Waals surface area (Å²) in [5, 5.41) is 0. The van der Waals surface area contributed by atoms with E-state index in [9.17, 15) is 14.0 Å². The molecule has 0 bridgehead atoms. The smallest absolute Gasteiger partial charge is 0.175 e. The van der Waals surface area contributed by atoms with E-state index in [1.54, 1.807) is 12.1 Å². The molecule has 0 saturated heterocycles. The maximum absolute atomic E-state index is 13.6. The standard InChI is InChI=1S/C28H26BrFO5/c1-2-33-24-14-17(13-19(29)28(24)34-15-16-6-3-7-18(30)12-16)25-26-20(31)8-4-10-22(26)35-23-11-5-9-21(32)27(23)25/h3,6-7,12-14,25H,2,4-5,8-11,15H2,1H3. The van der Waals surface area contributed by atoms with Crippen molar-refractivity contribution in [2.24, 2.45) is 0 Å². The Morgan fingerprint density at radius 1 is 0.971 bits per heavy atom. The van der Waals surface area contributed by atoms with Crippen LogP contribution in [0.15, 0.2) is 63.5 Å². The average molecular weight is 541 g/mol. The second kappa shape index (κ2) is 9.97. The molecule has 7 heteroatoms. The van der Waals surface area contributed by atoms with Crippen molar-refractivity contribution in [2.75, 3.05) is 6.61 Å². The van der Waals surface area contributed by atoms with Gasteiger partial charge in [-0.05, 0) is 71.1 Å².